The van der Waals surface area contributed by atoms with Gasteiger partial charge < -0.3 is 10.1 Å². The van der Waals surface area contributed by atoms with E-state index in [1.807, 2.05) is 0 Å². The summed E-state index contributed by atoms with van der Waals surface area (Å²) in [5.41, 5.74) is 0.384. The number of carbonyl (C=O) groups is 1. The zero-order chi connectivity index (χ0) is 16.1. The number of carbonyl (C=O) groups excluding carboxylic acids is 1. The maximum absolute atomic E-state index is 13.6. The van der Waals surface area contributed by atoms with E-state index in [2.05, 4.69) is 5.32 Å². The van der Waals surface area contributed by atoms with Crippen LogP contribution in [0.25, 0.3) is 0 Å². The minimum atomic E-state index is -0.841. The van der Waals surface area contributed by atoms with Gasteiger partial charge in [0.15, 0.2) is 17.7 Å². The number of hydrogen-bond acceptors (Lipinski definition) is 2. The van der Waals surface area contributed by atoms with Gasteiger partial charge in [-0.15, -0.1) is 0 Å². The molecule has 0 radical (unpaired) electrons. The average Bonchev–Trinajstić information content (AvgIpc) is 2.50. The Labute approximate surface area is 138 Å². The number of anilines is 1. The summed E-state index contributed by atoms with van der Waals surface area (Å²) in [4.78, 5) is 12.3. The molecule has 1 unspecified atom stereocenters. The zero-order valence-electron chi connectivity index (χ0n) is 11.8. The van der Waals surface area contributed by atoms with E-state index in [0.29, 0.717) is 22.2 Å². The molecule has 116 valence electrons. The molecule has 0 fully saturated rings. The lowest BCUT2D eigenvalue weighted by Crippen LogP contribution is -2.32. The third kappa shape index (κ3) is 4.12. The van der Waals surface area contributed by atoms with Crippen LogP contribution in [0, 0.1) is 5.82 Å². The summed E-state index contributed by atoms with van der Waals surface area (Å²) in [5.74, 6) is -0.911. The fourth-order valence-electron chi connectivity index (χ4n) is 1.82. The Kier molecular flexibility index (Phi) is 5.63. The Morgan fingerprint density at radius 1 is 1.27 bits per heavy atom. The summed E-state index contributed by atoms with van der Waals surface area (Å²) in [7, 11) is 0. The molecule has 1 amide bonds. The van der Waals surface area contributed by atoms with Crippen LogP contribution in [0.4, 0.5) is 10.1 Å². The highest BCUT2D eigenvalue weighted by atomic mass is 35.5. The molecule has 0 aliphatic rings. The Bertz CT molecular complexity index is 679. The van der Waals surface area contributed by atoms with Gasteiger partial charge >= 0.3 is 0 Å². The summed E-state index contributed by atoms with van der Waals surface area (Å²) < 4.78 is 19.0. The molecular weight excluding hydrogens is 328 g/mol. The van der Waals surface area contributed by atoms with Crippen LogP contribution < -0.4 is 10.1 Å². The van der Waals surface area contributed by atoms with Gasteiger partial charge in [-0.25, -0.2) is 4.39 Å². The number of nitrogens with one attached hydrogen (secondary N) is 1. The maximum Gasteiger partial charge on any atom is 0.265 e. The lowest BCUT2D eigenvalue weighted by molar-refractivity contribution is -0.122. The third-order valence-corrected chi connectivity index (χ3v) is 3.52. The summed E-state index contributed by atoms with van der Waals surface area (Å²) in [6, 6.07) is 10.7. The van der Waals surface area contributed by atoms with Crippen molar-refractivity contribution in [3.63, 3.8) is 0 Å². The molecule has 0 bridgehead atoms. The van der Waals surface area contributed by atoms with Crippen LogP contribution in [0.5, 0.6) is 5.75 Å². The SMILES string of the molecule is CCC(Oc1ccccc1F)C(=O)Nc1cc(Cl)ccc1Cl. The van der Waals surface area contributed by atoms with Crippen LogP contribution in [0.15, 0.2) is 42.5 Å². The minimum absolute atomic E-state index is 0.0293. The number of ether oxygens (including phenoxy) is 1. The maximum atomic E-state index is 13.6. The van der Waals surface area contributed by atoms with Crippen molar-refractivity contribution >= 4 is 34.8 Å². The Morgan fingerprint density at radius 3 is 2.68 bits per heavy atom. The lowest BCUT2D eigenvalue weighted by Gasteiger charge is -2.18. The van der Waals surface area contributed by atoms with Crippen LogP contribution in [0.2, 0.25) is 10.0 Å². The van der Waals surface area contributed by atoms with Crippen molar-refractivity contribution in [2.75, 3.05) is 5.32 Å². The molecule has 22 heavy (non-hydrogen) atoms. The average molecular weight is 342 g/mol. The summed E-state index contributed by atoms with van der Waals surface area (Å²) >= 11 is 11.9. The first-order chi connectivity index (χ1) is 10.5. The molecule has 3 nitrogen and oxygen atoms in total. The largest absolute Gasteiger partial charge is 0.478 e. The van der Waals surface area contributed by atoms with Gasteiger partial charge in [-0.3, -0.25) is 4.79 Å². The number of hydrogen-bond donors (Lipinski definition) is 1. The molecule has 2 aromatic rings. The standard InChI is InChI=1S/C16H14Cl2FNO2/c1-2-14(22-15-6-4-3-5-12(15)19)16(21)20-13-9-10(17)7-8-11(13)18/h3-9,14H,2H2,1H3,(H,20,21). The Hall–Kier alpha value is -1.78. The van der Waals surface area contributed by atoms with E-state index in [1.165, 1.54) is 18.2 Å². The summed E-state index contributed by atoms with van der Waals surface area (Å²) in [5, 5.41) is 3.45. The summed E-state index contributed by atoms with van der Waals surface area (Å²) in [6.07, 6.45) is -0.467. The molecule has 0 heterocycles. The van der Waals surface area contributed by atoms with Crippen LogP contribution in [0.3, 0.4) is 0 Å². The van der Waals surface area contributed by atoms with Gasteiger partial charge in [0.25, 0.3) is 5.91 Å². The van der Waals surface area contributed by atoms with Gasteiger partial charge in [0, 0.05) is 5.02 Å². The van der Waals surface area contributed by atoms with E-state index < -0.39 is 17.8 Å². The summed E-state index contributed by atoms with van der Waals surface area (Å²) in [6.45, 7) is 1.77. The van der Waals surface area contributed by atoms with Gasteiger partial charge in [-0.2, -0.15) is 0 Å². The van der Waals surface area contributed by atoms with Crippen molar-refractivity contribution in [3.05, 3.63) is 58.3 Å². The first-order valence-electron chi connectivity index (χ1n) is 6.68. The first kappa shape index (κ1) is 16.6. The van der Waals surface area contributed by atoms with Gasteiger partial charge in [-0.1, -0.05) is 42.3 Å². The predicted molar refractivity (Wildman–Crippen MR) is 86.2 cm³/mol. The van der Waals surface area contributed by atoms with Crippen LogP contribution in [-0.2, 0) is 4.79 Å². The van der Waals surface area contributed by atoms with Gasteiger partial charge in [0.1, 0.15) is 0 Å². The fraction of sp³-hybridized carbons (Fsp3) is 0.188. The highest BCUT2D eigenvalue weighted by Crippen LogP contribution is 2.26. The molecule has 0 spiro atoms. The quantitative estimate of drug-likeness (QED) is 0.837. The van der Waals surface area contributed by atoms with E-state index in [0.717, 1.165) is 0 Å². The molecule has 0 aromatic heterocycles. The van der Waals surface area contributed by atoms with Crippen molar-refractivity contribution in [1.29, 1.82) is 0 Å². The molecule has 1 atom stereocenters. The van der Waals surface area contributed by atoms with Crippen LogP contribution in [-0.4, -0.2) is 12.0 Å². The Balaban J connectivity index is 2.12. The molecule has 1 N–H and O–H groups in total. The van der Waals surface area contributed by atoms with Crippen molar-refractivity contribution in [1.82, 2.24) is 0 Å². The van der Waals surface area contributed by atoms with Crippen molar-refractivity contribution in [3.8, 4) is 5.75 Å². The molecular formula is C16H14Cl2FNO2. The zero-order valence-corrected chi connectivity index (χ0v) is 13.3. The minimum Gasteiger partial charge on any atom is -0.478 e. The predicted octanol–water partition coefficient (Wildman–Crippen LogP) is 4.93. The van der Waals surface area contributed by atoms with Crippen molar-refractivity contribution < 1.29 is 13.9 Å². The fourth-order valence-corrected chi connectivity index (χ4v) is 2.16. The van der Waals surface area contributed by atoms with E-state index in [9.17, 15) is 9.18 Å². The molecule has 0 saturated carbocycles. The van der Waals surface area contributed by atoms with Gasteiger partial charge in [-0.05, 0) is 36.8 Å². The number of benzene rings is 2. The van der Waals surface area contributed by atoms with Crippen molar-refractivity contribution in [2.24, 2.45) is 0 Å². The number of rotatable bonds is 5. The number of para-hydroxylation sites is 1. The van der Waals surface area contributed by atoms with E-state index in [1.54, 1.807) is 31.2 Å². The smallest absolute Gasteiger partial charge is 0.265 e. The highest BCUT2D eigenvalue weighted by molar-refractivity contribution is 6.35. The molecule has 2 aromatic carbocycles. The van der Waals surface area contributed by atoms with E-state index in [-0.39, 0.29) is 5.75 Å². The first-order valence-corrected chi connectivity index (χ1v) is 7.44. The van der Waals surface area contributed by atoms with Gasteiger partial charge in [0.05, 0.1) is 10.7 Å². The highest BCUT2D eigenvalue weighted by Gasteiger charge is 2.20. The molecule has 0 saturated heterocycles. The normalized spacial score (nSPS) is 11.8. The second kappa shape index (κ2) is 7.47. The Morgan fingerprint density at radius 2 is 2.00 bits per heavy atom. The second-order valence-corrected chi connectivity index (χ2v) is 5.40. The molecule has 0 aliphatic carbocycles. The van der Waals surface area contributed by atoms with E-state index >= 15 is 0 Å². The number of amides is 1. The second-order valence-electron chi connectivity index (χ2n) is 4.56. The molecule has 6 heteroatoms. The van der Waals surface area contributed by atoms with Crippen LogP contribution in [0.1, 0.15) is 13.3 Å². The topological polar surface area (TPSA) is 38.3 Å². The lowest BCUT2D eigenvalue weighted by atomic mass is 10.2. The molecule has 2 rings (SSSR count). The molecule has 0 aliphatic heterocycles. The van der Waals surface area contributed by atoms with Crippen LogP contribution >= 0.6 is 23.2 Å². The van der Waals surface area contributed by atoms with Gasteiger partial charge in [0.2, 0.25) is 0 Å². The van der Waals surface area contributed by atoms with Crippen molar-refractivity contribution in [2.45, 2.75) is 19.4 Å². The number of halogens is 3. The van der Waals surface area contributed by atoms with E-state index in [4.69, 9.17) is 27.9 Å². The monoisotopic (exact) mass is 341 g/mol. The third-order valence-electron chi connectivity index (χ3n) is 2.96.